The Bertz CT molecular complexity index is 1340. The van der Waals surface area contributed by atoms with Gasteiger partial charge in [0.05, 0.1) is 24.6 Å². The Balaban J connectivity index is 1.38. The number of carbonyl (C=O) groups is 2. The Morgan fingerprint density at radius 3 is 2.54 bits per heavy atom. The molecule has 196 valence electrons. The standard InChI is InChI=1S/C27H27F4N3O3/c28-22-13-19(27(29,30)31)8-7-18(22)14-34-23-15-33(11-9-20(23)21-2-1-10-32-25(21)34)24(35)12-16-3-5-17(6-4-16)26(36)37/h1-2,7-8,10,13,16-17H,3-6,9,11-12,14-15H2,(H,36,37). The van der Waals surface area contributed by atoms with E-state index in [9.17, 15) is 32.3 Å². The molecule has 3 aromatic rings. The van der Waals surface area contributed by atoms with Gasteiger partial charge >= 0.3 is 12.1 Å². The first-order chi connectivity index (χ1) is 17.6. The molecule has 0 saturated heterocycles. The second-order valence-electron chi connectivity index (χ2n) is 10.0. The van der Waals surface area contributed by atoms with Crippen molar-refractivity contribution in [3.8, 4) is 0 Å². The first-order valence-corrected chi connectivity index (χ1v) is 12.4. The van der Waals surface area contributed by atoms with Gasteiger partial charge in [-0.3, -0.25) is 9.59 Å². The highest BCUT2D eigenvalue weighted by molar-refractivity contribution is 5.84. The van der Waals surface area contributed by atoms with Crippen molar-refractivity contribution in [2.75, 3.05) is 6.54 Å². The van der Waals surface area contributed by atoms with Gasteiger partial charge in [-0.25, -0.2) is 9.37 Å². The predicted octanol–water partition coefficient (Wildman–Crippen LogP) is 5.41. The molecule has 5 rings (SSSR count). The van der Waals surface area contributed by atoms with Crippen molar-refractivity contribution < 1.29 is 32.3 Å². The van der Waals surface area contributed by atoms with Crippen LogP contribution in [0.15, 0.2) is 36.5 Å². The minimum absolute atomic E-state index is 0.00472. The third kappa shape index (κ3) is 5.06. The van der Waals surface area contributed by atoms with E-state index in [1.54, 1.807) is 21.7 Å². The van der Waals surface area contributed by atoms with Crippen LogP contribution in [0.4, 0.5) is 17.6 Å². The molecule has 6 nitrogen and oxygen atoms in total. The molecule has 1 amide bonds. The number of nitrogens with zero attached hydrogens (tertiary/aromatic N) is 3. The lowest BCUT2D eigenvalue weighted by Crippen LogP contribution is -2.38. The summed E-state index contributed by atoms with van der Waals surface area (Å²) in [7, 11) is 0. The monoisotopic (exact) mass is 517 g/mol. The van der Waals surface area contributed by atoms with Crippen molar-refractivity contribution in [3.05, 3.63) is 64.7 Å². The quantitative estimate of drug-likeness (QED) is 0.460. The number of hydrogen-bond acceptors (Lipinski definition) is 3. The first kappa shape index (κ1) is 25.2. The van der Waals surface area contributed by atoms with Crippen LogP contribution in [0.1, 0.15) is 54.5 Å². The van der Waals surface area contributed by atoms with Crippen LogP contribution in [0, 0.1) is 17.7 Å². The second kappa shape index (κ2) is 9.79. The zero-order valence-electron chi connectivity index (χ0n) is 20.1. The number of fused-ring (bicyclic) bond motifs is 3. The summed E-state index contributed by atoms with van der Waals surface area (Å²) in [5, 5.41) is 10.1. The molecule has 2 aliphatic rings. The molecule has 1 fully saturated rings. The molecule has 0 radical (unpaired) electrons. The summed E-state index contributed by atoms with van der Waals surface area (Å²) in [6.45, 7) is 0.824. The lowest BCUT2D eigenvalue weighted by molar-refractivity contribution is -0.143. The zero-order valence-corrected chi connectivity index (χ0v) is 20.1. The molecule has 0 spiro atoms. The number of carboxylic acid groups (broad SMARTS) is 1. The minimum Gasteiger partial charge on any atom is -0.481 e. The molecule has 1 aliphatic heterocycles. The third-order valence-electron chi connectivity index (χ3n) is 7.73. The number of amides is 1. The summed E-state index contributed by atoms with van der Waals surface area (Å²) >= 11 is 0. The molecule has 1 saturated carbocycles. The van der Waals surface area contributed by atoms with E-state index in [-0.39, 0.29) is 29.9 Å². The predicted molar refractivity (Wildman–Crippen MR) is 127 cm³/mol. The van der Waals surface area contributed by atoms with Gasteiger partial charge in [0.1, 0.15) is 11.5 Å². The lowest BCUT2D eigenvalue weighted by atomic mass is 9.80. The third-order valence-corrected chi connectivity index (χ3v) is 7.73. The topological polar surface area (TPSA) is 75.4 Å². The van der Waals surface area contributed by atoms with Gasteiger partial charge in [-0.05, 0) is 67.9 Å². The van der Waals surface area contributed by atoms with Gasteiger partial charge in [0.2, 0.25) is 5.91 Å². The fourth-order valence-electron chi connectivity index (χ4n) is 5.66. The van der Waals surface area contributed by atoms with E-state index in [2.05, 4.69) is 4.98 Å². The SMILES string of the molecule is O=C(O)C1CCC(CC(=O)N2CCc3c(n(Cc4ccc(C(F)(F)F)cc4F)c4ncccc34)C2)CC1. The molecular weight excluding hydrogens is 490 g/mol. The maximum absolute atomic E-state index is 14.7. The molecule has 3 heterocycles. The minimum atomic E-state index is -4.63. The number of carbonyl (C=O) groups excluding carboxylic acids is 1. The average Bonchev–Trinajstić information content (AvgIpc) is 3.18. The molecular formula is C27H27F4N3O3. The summed E-state index contributed by atoms with van der Waals surface area (Å²) in [6, 6.07) is 6.25. The van der Waals surface area contributed by atoms with Crippen LogP contribution in [-0.4, -0.2) is 38.0 Å². The summed E-state index contributed by atoms with van der Waals surface area (Å²) in [5.74, 6) is -1.91. The van der Waals surface area contributed by atoms with E-state index < -0.39 is 23.5 Å². The van der Waals surface area contributed by atoms with Crippen LogP contribution in [-0.2, 0) is 35.3 Å². The highest BCUT2D eigenvalue weighted by Crippen LogP contribution is 2.35. The van der Waals surface area contributed by atoms with Crippen LogP contribution in [0.5, 0.6) is 0 Å². The largest absolute Gasteiger partial charge is 0.481 e. The highest BCUT2D eigenvalue weighted by Gasteiger charge is 2.33. The Morgan fingerprint density at radius 2 is 1.86 bits per heavy atom. The van der Waals surface area contributed by atoms with Crippen LogP contribution in [0.25, 0.3) is 11.0 Å². The summed E-state index contributed by atoms with van der Waals surface area (Å²) in [4.78, 5) is 30.6. The van der Waals surface area contributed by atoms with Gasteiger partial charge < -0.3 is 14.6 Å². The summed E-state index contributed by atoms with van der Waals surface area (Å²) < 4.78 is 55.5. The Kier molecular flexibility index (Phi) is 6.68. The molecule has 1 N–H and O–H groups in total. The molecule has 1 aromatic carbocycles. The van der Waals surface area contributed by atoms with E-state index in [0.717, 1.165) is 28.8 Å². The van der Waals surface area contributed by atoms with Crippen LogP contribution < -0.4 is 0 Å². The van der Waals surface area contributed by atoms with Crippen molar-refractivity contribution in [2.45, 2.75) is 57.8 Å². The average molecular weight is 518 g/mol. The molecule has 10 heteroatoms. The van der Waals surface area contributed by atoms with Crippen molar-refractivity contribution in [3.63, 3.8) is 0 Å². The van der Waals surface area contributed by atoms with Gasteiger partial charge in [-0.1, -0.05) is 6.07 Å². The first-order valence-electron chi connectivity index (χ1n) is 12.4. The summed E-state index contributed by atoms with van der Waals surface area (Å²) in [6.07, 6.45) is 0.507. The fourth-order valence-corrected chi connectivity index (χ4v) is 5.66. The Labute approximate surface area is 210 Å². The van der Waals surface area contributed by atoms with E-state index in [1.165, 1.54) is 0 Å². The van der Waals surface area contributed by atoms with Gasteiger partial charge in [0, 0.05) is 35.8 Å². The number of benzene rings is 1. The number of pyridine rings is 1. The molecule has 2 aromatic heterocycles. The number of aliphatic carboxylic acids is 1. The normalized spacial score (nSPS) is 20.2. The Morgan fingerprint density at radius 1 is 1.11 bits per heavy atom. The number of halogens is 4. The van der Waals surface area contributed by atoms with Gasteiger partial charge in [0.25, 0.3) is 0 Å². The second-order valence-corrected chi connectivity index (χ2v) is 10.0. The highest BCUT2D eigenvalue weighted by atomic mass is 19.4. The van der Waals surface area contributed by atoms with E-state index in [4.69, 9.17) is 0 Å². The van der Waals surface area contributed by atoms with E-state index in [1.807, 2.05) is 6.07 Å². The maximum atomic E-state index is 14.7. The number of hydrogen-bond donors (Lipinski definition) is 1. The van der Waals surface area contributed by atoms with Crippen molar-refractivity contribution >= 4 is 22.9 Å². The van der Waals surface area contributed by atoms with Crippen LogP contribution in [0.3, 0.4) is 0 Å². The van der Waals surface area contributed by atoms with Crippen molar-refractivity contribution in [1.29, 1.82) is 0 Å². The zero-order chi connectivity index (χ0) is 26.3. The fraction of sp³-hybridized carbons (Fsp3) is 0.444. The smallest absolute Gasteiger partial charge is 0.416 e. The number of carboxylic acids is 1. The van der Waals surface area contributed by atoms with Crippen molar-refractivity contribution in [1.82, 2.24) is 14.5 Å². The number of alkyl halides is 3. The van der Waals surface area contributed by atoms with Gasteiger partial charge in [-0.15, -0.1) is 0 Å². The summed E-state index contributed by atoms with van der Waals surface area (Å²) in [5.41, 5.74) is 1.49. The van der Waals surface area contributed by atoms with E-state index >= 15 is 0 Å². The number of rotatable bonds is 5. The van der Waals surface area contributed by atoms with Gasteiger partial charge in [0.15, 0.2) is 0 Å². The van der Waals surface area contributed by atoms with Gasteiger partial charge in [-0.2, -0.15) is 13.2 Å². The lowest BCUT2D eigenvalue weighted by Gasteiger charge is -2.31. The molecule has 0 unspecified atom stereocenters. The maximum Gasteiger partial charge on any atom is 0.416 e. The molecule has 37 heavy (non-hydrogen) atoms. The molecule has 0 atom stereocenters. The van der Waals surface area contributed by atoms with Crippen molar-refractivity contribution in [2.24, 2.45) is 11.8 Å². The van der Waals surface area contributed by atoms with Crippen LogP contribution >= 0.6 is 0 Å². The Hall–Kier alpha value is -3.43. The van der Waals surface area contributed by atoms with E-state index in [0.29, 0.717) is 63.3 Å². The molecule has 1 aliphatic carbocycles. The van der Waals surface area contributed by atoms with Crippen LogP contribution in [0.2, 0.25) is 0 Å². The molecule has 0 bridgehead atoms. The number of aromatic nitrogens is 2.